The third-order valence-electron chi connectivity index (χ3n) is 5.63. The number of hydrogen-bond acceptors (Lipinski definition) is 5. The van der Waals surface area contributed by atoms with Crippen LogP contribution in [0.5, 0.6) is 5.75 Å². The van der Waals surface area contributed by atoms with Gasteiger partial charge in [0.05, 0.1) is 25.1 Å². The van der Waals surface area contributed by atoms with Crippen molar-refractivity contribution in [1.82, 2.24) is 14.7 Å². The molecule has 4 aromatic rings. The Kier molecular flexibility index (Phi) is 8.68. The Morgan fingerprint density at radius 2 is 1.71 bits per heavy atom. The van der Waals surface area contributed by atoms with Gasteiger partial charge in [0.25, 0.3) is 0 Å². The molecule has 0 radical (unpaired) electrons. The normalized spacial score (nSPS) is 10.6. The molecule has 1 heterocycles. The van der Waals surface area contributed by atoms with E-state index in [1.54, 1.807) is 42.5 Å². The summed E-state index contributed by atoms with van der Waals surface area (Å²) < 4.78 is 25.4. The van der Waals surface area contributed by atoms with Gasteiger partial charge in [-0.05, 0) is 36.4 Å². The summed E-state index contributed by atoms with van der Waals surface area (Å²) in [6.45, 7) is 0.186. The van der Waals surface area contributed by atoms with Crippen molar-refractivity contribution in [2.45, 2.75) is 0 Å². The first-order valence-corrected chi connectivity index (χ1v) is 11.9. The number of ether oxygens (including phenoxy) is 2. The molecule has 0 saturated heterocycles. The van der Waals surface area contributed by atoms with Gasteiger partial charge in [-0.15, -0.1) is 0 Å². The maximum absolute atomic E-state index is 13.5. The van der Waals surface area contributed by atoms with Gasteiger partial charge in [-0.2, -0.15) is 5.10 Å². The fourth-order valence-corrected chi connectivity index (χ4v) is 3.71. The van der Waals surface area contributed by atoms with Gasteiger partial charge in [-0.25, -0.2) is 13.9 Å². The third-order valence-corrected chi connectivity index (χ3v) is 5.63. The predicted molar refractivity (Wildman–Crippen MR) is 143 cm³/mol. The number of nitrogens with zero attached hydrogens (tertiary/aromatic N) is 3. The molecule has 3 aromatic carbocycles. The lowest BCUT2D eigenvalue weighted by Crippen LogP contribution is -2.42. The standard InChI is InChI=1S/C28H28FN5O4/c1-37-16-15-33(28(36)30-22-9-6-10-24(17-22)38-2)19-27(35)31-26-18-25(20-7-4-3-5-8-20)32-34(26)23-13-11-21(29)12-14-23/h3-14,17-18H,15-16,19H2,1-2H3,(H,30,36)(H,31,35). The van der Waals surface area contributed by atoms with Crippen molar-refractivity contribution in [2.75, 3.05) is 44.5 Å². The molecule has 1 aromatic heterocycles. The van der Waals surface area contributed by atoms with E-state index >= 15 is 0 Å². The van der Waals surface area contributed by atoms with Crippen LogP contribution in [0.2, 0.25) is 0 Å². The van der Waals surface area contributed by atoms with E-state index in [1.165, 1.54) is 35.9 Å². The summed E-state index contributed by atoms with van der Waals surface area (Å²) in [6.07, 6.45) is 0. The molecule has 38 heavy (non-hydrogen) atoms. The van der Waals surface area contributed by atoms with Crippen LogP contribution in [0.3, 0.4) is 0 Å². The summed E-state index contributed by atoms with van der Waals surface area (Å²) in [5, 5.41) is 10.2. The first kappa shape index (κ1) is 26.4. The van der Waals surface area contributed by atoms with E-state index in [-0.39, 0.29) is 25.5 Å². The van der Waals surface area contributed by atoms with Gasteiger partial charge in [-0.1, -0.05) is 36.4 Å². The second kappa shape index (κ2) is 12.5. The molecule has 0 aliphatic carbocycles. The molecular weight excluding hydrogens is 489 g/mol. The fourth-order valence-electron chi connectivity index (χ4n) is 3.71. The molecule has 196 valence electrons. The van der Waals surface area contributed by atoms with Gasteiger partial charge in [0.15, 0.2) is 0 Å². The molecule has 0 atom stereocenters. The van der Waals surface area contributed by atoms with Crippen LogP contribution in [0.1, 0.15) is 0 Å². The topological polar surface area (TPSA) is 97.7 Å². The molecule has 0 bridgehead atoms. The average molecular weight is 518 g/mol. The molecule has 10 heteroatoms. The number of hydrogen-bond donors (Lipinski definition) is 2. The Labute approximate surface area is 219 Å². The van der Waals surface area contributed by atoms with E-state index < -0.39 is 11.9 Å². The molecule has 4 rings (SSSR count). The largest absolute Gasteiger partial charge is 0.497 e. The zero-order valence-corrected chi connectivity index (χ0v) is 21.1. The maximum Gasteiger partial charge on any atom is 0.322 e. The van der Waals surface area contributed by atoms with E-state index in [9.17, 15) is 14.0 Å². The first-order chi connectivity index (χ1) is 18.5. The van der Waals surface area contributed by atoms with Crippen LogP contribution >= 0.6 is 0 Å². The molecular formula is C28H28FN5O4. The van der Waals surface area contributed by atoms with Crippen molar-refractivity contribution in [1.29, 1.82) is 0 Å². The quantitative estimate of drug-likeness (QED) is 0.315. The number of carbonyl (C=O) groups is 2. The predicted octanol–water partition coefficient (Wildman–Crippen LogP) is 4.81. The number of urea groups is 1. The minimum atomic E-state index is -0.470. The smallest absolute Gasteiger partial charge is 0.322 e. The van der Waals surface area contributed by atoms with Crippen molar-refractivity contribution in [3.05, 3.63) is 90.7 Å². The van der Waals surface area contributed by atoms with Crippen molar-refractivity contribution in [3.63, 3.8) is 0 Å². The molecule has 0 fully saturated rings. The van der Waals surface area contributed by atoms with E-state index in [1.807, 2.05) is 30.3 Å². The number of amides is 3. The minimum Gasteiger partial charge on any atom is -0.497 e. The molecule has 0 aliphatic rings. The lowest BCUT2D eigenvalue weighted by atomic mass is 10.1. The summed E-state index contributed by atoms with van der Waals surface area (Å²) in [5.74, 6) is 0.142. The minimum absolute atomic E-state index is 0.187. The summed E-state index contributed by atoms with van der Waals surface area (Å²) in [5.41, 5.74) is 2.57. The molecule has 3 amide bonds. The van der Waals surface area contributed by atoms with E-state index in [2.05, 4.69) is 15.7 Å². The van der Waals surface area contributed by atoms with E-state index in [4.69, 9.17) is 9.47 Å². The van der Waals surface area contributed by atoms with Gasteiger partial charge in [0, 0.05) is 37.0 Å². The monoisotopic (exact) mass is 517 g/mol. The second-order valence-corrected chi connectivity index (χ2v) is 8.29. The number of benzene rings is 3. The molecule has 9 nitrogen and oxygen atoms in total. The number of aromatic nitrogens is 2. The van der Waals surface area contributed by atoms with Crippen molar-refractivity contribution in [3.8, 4) is 22.7 Å². The zero-order valence-electron chi connectivity index (χ0n) is 21.1. The maximum atomic E-state index is 13.5. The highest BCUT2D eigenvalue weighted by molar-refractivity contribution is 5.97. The fraction of sp³-hybridized carbons (Fsp3) is 0.179. The van der Waals surface area contributed by atoms with Crippen LogP contribution in [0.4, 0.5) is 20.7 Å². The van der Waals surface area contributed by atoms with Gasteiger partial charge >= 0.3 is 6.03 Å². The van der Waals surface area contributed by atoms with Gasteiger partial charge in [-0.3, -0.25) is 4.79 Å². The van der Waals surface area contributed by atoms with E-state index in [0.717, 1.165) is 5.56 Å². The van der Waals surface area contributed by atoms with Gasteiger partial charge in [0.1, 0.15) is 23.9 Å². The average Bonchev–Trinajstić information content (AvgIpc) is 3.35. The van der Waals surface area contributed by atoms with E-state index in [0.29, 0.717) is 28.6 Å². The van der Waals surface area contributed by atoms with Crippen LogP contribution in [-0.2, 0) is 9.53 Å². The summed E-state index contributed by atoms with van der Waals surface area (Å²) in [6, 6.07) is 23.4. The molecule has 2 N–H and O–H groups in total. The second-order valence-electron chi connectivity index (χ2n) is 8.29. The number of rotatable bonds is 10. The number of halogens is 1. The molecule has 0 aliphatic heterocycles. The lowest BCUT2D eigenvalue weighted by molar-refractivity contribution is -0.116. The first-order valence-electron chi connectivity index (χ1n) is 11.9. The van der Waals surface area contributed by atoms with Crippen LogP contribution < -0.4 is 15.4 Å². The van der Waals surface area contributed by atoms with Gasteiger partial charge in [0.2, 0.25) is 5.91 Å². The molecule has 0 saturated carbocycles. The highest BCUT2D eigenvalue weighted by atomic mass is 19.1. The number of carbonyl (C=O) groups excluding carboxylic acids is 2. The Morgan fingerprint density at radius 3 is 2.42 bits per heavy atom. The summed E-state index contributed by atoms with van der Waals surface area (Å²) in [7, 11) is 3.06. The Morgan fingerprint density at radius 1 is 0.947 bits per heavy atom. The van der Waals surface area contributed by atoms with Crippen LogP contribution in [0.15, 0.2) is 84.9 Å². The summed E-state index contributed by atoms with van der Waals surface area (Å²) >= 11 is 0. The highest BCUT2D eigenvalue weighted by Gasteiger charge is 2.20. The van der Waals surface area contributed by atoms with Crippen LogP contribution in [-0.4, -0.2) is 60.5 Å². The molecule has 0 spiro atoms. The number of nitrogens with one attached hydrogen (secondary N) is 2. The summed E-state index contributed by atoms with van der Waals surface area (Å²) in [4.78, 5) is 27.5. The van der Waals surface area contributed by atoms with Crippen LogP contribution in [0.25, 0.3) is 16.9 Å². The zero-order chi connectivity index (χ0) is 26.9. The highest BCUT2D eigenvalue weighted by Crippen LogP contribution is 2.25. The number of anilines is 2. The third kappa shape index (κ3) is 6.74. The van der Waals surface area contributed by atoms with Crippen molar-refractivity contribution in [2.24, 2.45) is 0 Å². The van der Waals surface area contributed by atoms with Crippen molar-refractivity contribution >= 4 is 23.4 Å². The Bertz CT molecular complexity index is 1380. The SMILES string of the molecule is COCCN(CC(=O)Nc1cc(-c2ccccc2)nn1-c1ccc(F)cc1)C(=O)Nc1cccc(OC)c1. The van der Waals surface area contributed by atoms with Gasteiger partial charge < -0.3 is 25.0 Å². The Balaban J connectivity index is 1.54. The van der Waals surface area contributed by atoms with Crippen molar-refractivity contribution < 1.29 is 23.5 Å². The van der Waals surface area contributed by atoms with Crippen LogP contribution in [0, 0.1) is 5.82 Å². The Hall–Kier alpha value is -4.70. The number of methoxy groups -OCH3 is 2. The lowest BCUT2D eigenvalue weighted by Gasteiger charge is -2.22. The molecule has 0 unspecified atom stereocenters.